The van der Waals surface area contributed by atoms with Crippen LogP contribution in [-0.4, -0.2) is 18.0 Å². The van der Waals surface area contributed by atoms with Crippen LogP contribution < -0.4 is 0 Å². The predicted octanol–water partition coefficient (Wildman–Crippen LogP) is 1.87. The topological polar surface area (TPSA) is 69.4 Å². The summed E-state index contributed by atoms with van der Waals surface area (Å²) in [7, 11) is 1.12. The Morgan fingerprint density at radius 1 is 1.31 bits per heavy atom. The van der Waals surface area contributed by atoms with Crippen molar-refractivity contribution < 1.29 is 14.5 Å². The third kappa shape index (κ3) is 2.44. The molecule has 1 rings (SSSR count). The number of carbonyl (C=O) groups excluding carboxylic acids is 1. The van der Waals surface area contributed by atoms with E-state index in [1.807, 2.05) is 0 Å². The van der Waals surface area contributed by atoms with Crippen LogP contribution in [0.4, 0.5) is 0 Å². The fourth-order valence-electron chi connectivity index (χ4n) is 1.29. The van der Waals surface area contributed by atoms with Crippen LogP contribution >= 0.6 is 0 Å². The van der Waals surface area contributed by atoms with Gasteiger partial charge in [0.15, 0.2) is 0 Å². The highest BCUT2D eigenvalue weighted by Gasteiger charge is 2.26. The van der Waals surface area contributed by atoms with Gasteiger partial charge in [-0.25, -0.2) is 4.79 Å². The van der Waals surface area contributed by atoms with Crippen LogP contribution in [0.3, 0.4) is 0 Å². The number of hydrogen-bond acceptors (Lipinski definition) is 4. The molecule has 5 heteroatoms. The SMILES string of the molecule is COC(=O)C(=C(C)c1ccccc1)[N+](=O)[O-]. The van der Waals surface area contributed by atoms with Gasteiger partial charge in [-0.2, -0.15) is 0 Å². The molecular weight excluding hydrogens is 210 g/mol. The monoisotopic (exact) mass is 221 g/mol. The summed E-state index contributed by atoms with van der Waals surface area (Å²) in [6.07, 6.45) is 0. The summed E-state index contributed by atoms with van der Waals surface area (Å²) in [6.45, 7) is 1.52. The molecule has 16 heavy (non-hydrogen) atoms. The second kappa shape index (κ2) is 5.06. The van der Waals surface area contributed by atoms with E-state index in [4.69, 9.17) is 0 Å². The van der Waals surface area contributed by atoms with Crippen molar-refractivity contribution in [3.63, 3.8) is 0 Å². The van der Waals surface area contributed by atoms with Crippen LogP contribution in [0, 0.1) is 10.1 Å². The molecule has 0 aliphatic rings. The molecule has 0 aromatic heterocycles. The van der Waals surface area contributed by atoms with Crippen molar-refractivity contribution in [1.82, 2.24) is 0 Å². The molecule has 0 saturated heterocycles. The maximum atomic E-state index is 11.2. The Morgan fingerprint density at radius 2 is 1.88 bits per heavy atom. The number of carbonyl (C=O) groups is 1. The van der Waals surface area contributed by atoms with E-state index in [2.05, 4.69) is 4.74 Å². The van der Waals surface area contributed by atoms with Crippen LogP contribution in [0.5, 0.6) is 0 Å². The van der Waals surface area contributed by atoms with Gasteiger partial charge in [-0.15, -0.1) is 0 Å². The number of rotatable bonds is 3. The highest BCUT2D eigenvalue weighted by Crippen LogP contribution is 2.19. The molecule has 0 N–H and O–H groups in total. The average Bonchev–Trinajstić information content (AvgIpc) is 2.29. The Morgan fingerprint density at radius 3 is 2.31 bits per heavy atom. The quantitative estimate of drug-likeness (QED) is 0.338. The summed E-state index contributed by atoms with van der Waals surface area (Å²) >= 11 is 0. The summed E-state index contributed by atoms with van der Waals surface area (Å²) in [5.74, 6) is -0.939. The van der Waals surface area contributed by atoms with Gasteiger partial charge in [0.05, 0.1) is 12.0 Å². The minimum Gasteiger partial charge on any atom is -0.461 e. The van der Waals surface area contributed by atoms with Crippen molar-refractivity contribution in [3.8, 4) is 0 Å². The lowest BCUT2D eigenvalue weighted by Crippen LogP contribution is -2.14. The molecule has 5 nitrogen and oxygen atoms in total. The van der Waals surface area contributed by atoms with Crippen LogP contribution in [0.25, 0.3) is 5.57 Å². The number of methoxy groups -OCH3 is 1. The van der Waals surface area contributed by atoms with E-state index in [-0.39, 0.29) is 5.57 Å². The Balaban J connectivity index is 3.28. The Kier molecular flexibility index (Phi) is 3.77. The molecule has 1 aromatic carbocycles. The molecule has 0 heterocycles. The van der Waals surface area contributed by atoms with Gasteiger partial charge < -0.3 is 4.74 Å². The maximum absolute atomic E-state index is 11.2. The first-order chi connectivity index (χ1) is 7.57. The first-order valence-corrected chi connectivity index (χ1v) is 4.57. The highest BCUT2D eigenvalue weighted by molar-refractivity contribution is 5.94. The van der Waals surface area contributed by atoms with E-state index >= 15 is 0 Å². The number of benzene rings is 1. The van der Waals surface area contributed by atoms with E-state index in [1.165, 1.54) is 6.92 Å². The van der Waals surface area contributed by atoms with E-state index in [1.54, 1.807) is 30.3 Å². The lowest BCUT2D eigenvalue weighted by atomic mass is 10.1. The van der Waals surface area contributed by atoms with Crippen LogP contribution in [0.15, 0.2) is 36.0 Å². The second-order valence-corrected chi connectivity index (χ2v) is 3.09. The smallest absolute Gasteiger partial charge is 0.409 e. The zero-order valence-electron chi connectivity index (χ0n) is 8.97. The van der Waals surface area contributed by atoms with Crippen LogP contribution in [0.1, 0.15) is 12.5 Å². The molecular formula is C11H11NO4. The van der Waals surface area contributed by atoms with Gasteiger partial charge in [-0.3, -0.25) is 10.1 Å². The summed E-state index contributed by atoms with van der Waals surface area (Å²) in [6, 6.07) is 8.67. The number of ether oxygens (including phenoxy) is 1. The first-order valence-electron chi connectivity index (χ1n) is 4.57. The summed E-state index contributed by atoms with van der Waals surface area (Å²) < 4.78 is 4.38. The van der Waals surface area contributed by atoms with E-state index in [0.717, 1.165) is 7.11 Å². The second-order valence-electron chi connectivity index (χ2n) is 3.09. The van der Waals surface area contributed by atoms with Crippen molar-refractivity contribution in [2.75, 3.05) is 7.11 Å². The lowest BCUT2D eigenvalue weighted by molar-refractivity contribution is -0.420. The molecule has 0 radical (unpaired) electrons. The number of nitro groups is 1. The Labute approximate surface area is 92.5 Å². The van der Waals surface area contributed by atoms with Crippen LogP contribution in [-0.2, 0) is 9.53 Å². The van der Waals surface area contributed by atoms with Crippen molar-refractivity contribution in [2.24, 2.45) is 0 Å². The summed E-state index contributed by atoms with van der Waals surface area (Å²) in [5.41, 5.74) is 0.380. The molecule has 0 bridgehead atoms. The molecule has 0 aliphatic carbocycles. The van der Waals surface area contributed by atoms with Crippen molar-refractivity contribution >= 4 is 11.5 Å². The third-order valence-electron chi connectivity index (χ3n) is 2.12. The van der Waals surface area contributed by atoms with Gasteiger partial charge in [0.2, 0.25) is 0 Å². The molecule has 0 unspecified atom stereocenters. The minimum absolute atomic E-state index is 0.289. The molecule has 0 spiro atoms. The van der Waals surface area contributed by atoms with Gasteiger partial charge in [0, 0.05) is 5.57 Å². The predicted molar refractivity (Wildman–Crippen MR) is 58.0 cm³/mol. The van der Waals surface area contributed by atoms with E-state index in [9.17, 15) is 14.9 Å². The normalized spacial score (nSPS) is 11.6. The summed E-state index contributed by atoms with van der Waals surface area (Å²) in [5, 5.41) is 10.8. The van der Waals surface area contributed by atoms with Gasteiger partial charge in [0.1, 0.15) is 0 Å². The molecule has 84 valence electrons. The molecule has 0 saturated carbocycles. The van der Waals surface area contributed by atoms with Crippen molar-refractivity contribution in [2.45, 2.75) is 6.92 Å². The summed E-state index contributed by atoms with van der Waals surface area (Å²) in [4.78, 5) is 21.3. The zero-order chi connectivity index (χ0) is 12.1. The largest absolute Gasteiger partial charge is 0.461 e. The molecule has 0 atom stereocenters. The van der Waals surface area contributed by atoms with Gasteiger partial charge >= 0.3 is 11.7 Å². The number of esters is 1. The standard InChI is InChI=1S/C11H11NO4/c1-8(9-6-4-3-5-7-9)10(12(14)15)11(13)16-2/h3-7H,1-2H3. The van der Waals surface area contributed by atoms with Gasteiger partial charge in [-0.05, 0) is 12.5 Å². The number of hydrogen-bond donors (Lipinski definition) is 0. The first kappa shape index (κ1) is 11.9. The highest BCUT2D eigenvalue weighted by atomic mass is 16.6. The third-order valence-corrected chi connectivity index (χ3v) is 2.12. The molecule has 0 fully saturated rings. The van der Waals surface area contributed by atoms with E-state index in [0.29, 0.717) is 5.56 Å². The maximum Gasteiger partial charge on any atom is 0.409 e. The molecule has 0 amide bonds. The van der Waals surface area contributed by atoms with Crippen molar-refractivity contribution in [3.05, 3.63) is 51.7 Å². The minimum atomic E-state index is -0.939. The molecule has 1 aromatic rings. The van der Waals surface area contributed by atoms with Gasteiger partial charge in [0.25, 0.3) is 0 Å². The number of nitrogens with zero attached hydrogens (tertiary/aromatic N) is 1. The molecule has 0 aliphatic heterocycles. The lowest BCUT2D eigenvalue weighted by Gasteiger charge is -2.02. The van der Waals surface area contributed by atoms with Crippen molar-refractivity contribution in [1.29, 1.82) is 0 Å². The zero-order valence-corrected chi connectivity index (χ0v) is 8.97. The average molecular weight is 221 g/mol. The Bertz CT molecular complexity index is 437. The fraction of sp³-hybridized carbons (Fsp3) is 0.182. The Hall–Kier alpha value is -2.17. The number of allylic oxidation sites excluding steroid dienone is 1. The fourth-order valence-corrected chi connectivity index (χ4v) is 1.29. The van der Waals surface area contributed by atoms with E-state index < -0.39 is 16.6 Å². The van der Waals surface area contributed by atoms with Gasteiger partial charge in [-0.1, -0.05) is 30.3 Å². The van der Waals surface area contributed by atoms with Crippen LogP contribution in [0.2, 0.25) is 0 Å².